The summed E-state index contributed by atoms with van der Waals surface area (Å²) >= 11 is 30.3. The van der Waals surface area contributed by atoms with Crippen molar-refractivity contribution in [2.75, 3.05) is 39.3 Å². The molecule has 1 radical (unpaired) electrons. The number of nitrogens with one attached hydrogen (secondary N) is 8. The summed E-state index contributed by atoms with van der Waals surface area (Å²) in [6.07, 6.45) is 11.8. The summed E-state index contributed by atoms with van der Waals surface area (Å²) < 4.78 is 0. The number of hydrogen-bond donors (Lipinski definition) is 8. The zero-order valence-electron chi connectivity index (χ0n) is 36.7. The normalized spacial score (nSPS) is 19.8. The van der Waals surface area contributed by atoms with Crippen molar-refractivity contribution >= 4 is 140 Å². The summed E-state index contributed by atoms with van der Waals surface area (Å²) in [7, 11) is 0. The third kappa shape index (κ3) is 29.6. The fourth-order valence-electron chi connectivity index (χ4n) is 5.10. The van der Waals surface area contributed by atoms with Gasteiger partial charge in [-0.05, 0) is 164 Å². The van der Waals surface area contributed by atoms with E-state index in [1.54, 1.807) is 0 Å². The first-order chi connectivity index (χ1) is 29.0. The Morgan fingerprint density at radius 2 is 0.613 bits per heavy atom. The molecule has 3 aliphatic rings. The molecule has 0 saturated heterocycles. The van der Waals surface area contributed by atoms with E-state index in [1.165, 1.54) is 0 Å². The van der Waals surface area contributed by atoms with Gasteiger partial charge in [0.2, 0.25) is 0 Å². The van der Waals surface area contributed by atoms with Gasteiger partial charge in [-0.25, -0.2) is 0 Å². The van der Waals surface area contributed by atoms with Gasteiger partial charge in [0.25, 0.3) is 0 Å². The van der Waals surface area contributed by atoms with Crippen LogP contribution in [0.15, 0.2) is 51.0 Å². The smallest absolute Gasteiger partial charge is 0.741 e. The molecular weight excluding hydrogens is 1010 g/mol. The molecule has 0 heterocycles. The summed E-state index contributed by atoms with van der Waals surface area (Å²) in [5.41, 5.74) is 10.9. The molecule has 0 atom stereocenters. The van der Waals surface area contributed by atoms with Gasteiger partial charge in [0.15, 0.2) is 10.2 Å². The van der Waals surface area contributed by atoms with E-state index in [1.807, 2.05) is 41.5 Å². The molecule has 26 heteroatoms. The van der Waals surface area contributed by atoms with Gasteiger partial charge >= 0.3 is 36.5 Å². The van der Waals surface area contributed by atoms with Crippen LogP contribution in [-0.2, 0) is 87.1 Å². The maximum Gasteiger partial charge on any atom is 2.00 e. The van der Waals surface area contributed by atoms with Crippen LogP contribution in [-0.4, -0.2) is 104 Å². The van der Waals surface area contributed by atoms with Crippen LogP contribution in [0.4, 0.5) is 0 Å². The van der Waals surface area contributed by atoms with E-state index < -0.39 is 0 Å². The summed E-state index contributed by atoms with van der Waals surface area (Å²) in [4.78, 5) is 0. The zero-order valence-corrected chi connectivity index (χ0v) is 45.5. The second-order valence-electron chi connectivity index (χ2n) is 12.6. The van der Waals surface area contributed by atoms with E-state index >= 15 is 0 Å². The number of rotatable bonds is 12. The Morgan fingerprint density at radius 1 is 0.403 bits per heavy atom. The van der Waals surface area contributed by atoms with Crippen molar-refractivity contribution in [1.82, 2.24) is 42.8 Å². The maximum atomic E-state index is 5.09. The van der Waals surface area contributed by atoms with Crippen LogP contribution in [0.25, 0.3) is 0 Å². The molecule has 18 nitrogen and oxygen atoms in total. The summed E-state index contributed by atoms with van der Waals surface area (Å²) in [6.45, 7) is 16.3. The standard InChI is InChI=1S/3C12H22N6S2.Cu.Zn/c3*1-3-13-11(19)17-15-9-7-5-6-8-10(9)16-18-12(20)14-4-2;;/h3*3-8H2,1-2H3,(H2,13,17,19)(H2,14,18,20);;/q;;;2*+2/p-4/b15-9+,16-10+;;;;. The molecule has 0 spiro atoms. The minimum absolute atomic E-state index is 0. The van der Waals surface area contributed by atoms with Gasteiger partial charge in [-0.3, -0.25) is 10.9 Å². The first-order valence-electron chi connectivity index (χ1n) is 20.4. The van der Waals surface area contributed by atoms with Crippen LogP contribution in [0, 0.1) is 0 Å². The van der Waals surface area contributed by atoms with Crippen molar-refractivity contribution in [3.8, 4) is 0 Å². The maximum absolute atomic E-state index is 5.09. The molecule has 0 aromatic carbocycles. The van der Waals surface area contributed by atoms with E-state index in [0.29, 0.717) is 30.9 Å². The quantitative estimate of drug-likeness (QED) is 0.0348. The molecule has 345 valence electrons. The topological polar surface area (TPSA) is 220 Å². The molecule has 8 N–H and O–H groups in total. The second-order valence-corrected chi connectivity index (χ2v) is 15.0. The molecule has 0 aliphatic heterocycles. The Bertz CT molecular complexity index is 1450. The van der Waals surface area contributed by atoms with Gasteiger partial charge in [0.05, 0.1) is 34.3 Å². The van der Waals surface area contributed by atoms with Gasteiger partial charge in [-0.15, -0.1) is 0 Å². The van der Waals surface area contributed by atoms with E-state index in [9.17, 15) is 0 Å². The Kier molecular flexibility index (Phi) is 39.5. The monoisotopic (exact) mass is 1070 g/mol. The molecule has 3 saturated carbocycles. The Hall–Kier alpha value is -2.70. The minimum atomic E-state index is 0. The molecular formula is C36H62CuN18S6Zn. The summed E-state index contributed by atoms with van der Waals surface area (Å²) in [5.74, 6) is 0. The number of hydrazone groups is 2. The molecule has 0 amide bonds. The number of amidine groups is 4. The van der Waals surface area contributed by atoms with Crippen molar-refractivity contribution in [3.63, 3.8) is 0 Å². The molecule has 3 fully saturated rings. The second kappa shape index (κ2) is 39.9. The van der Waals surface area contributed by atoms with Gasteiger partial charge in [0, 0.05) is 39.3 Å². The van der Waals surface area contributed by atoms with Crippen molar-refractivity contribution in [1.29, 1.82) is 0 Å². The fraction of sp³-hybridized carbons (Fsp3) is 0.667. The van der Waals surface area contributed by atoms with Crippen molar-refractivity contribution in [2.45, 2.75) is 119 Å². The van der Waals surface area contributed by atoms with E-state index in [-0.39, 0.29) is 36.5 Å². The molecule has 0 unspecified atom stereocenters. The minimum Gasteiger partial charge on any atom is -0.741 e. The first kappa shape index (κ1) is 61.4. The Morgan fingerprint density at radius 3 is 0.823 bits per heavy atom. The first-order valence-corrected chi connectivity index (χ1v) is 22.9. The van der Waals surface area contributed by atoms with Crippen LogP contribution < -0.4 is 42.8 Å². The van der Waals surface area contributed by atoms with E-state index in [0.717, 1.165) is 151 Å². The number of nitrogens with zero attached hydrogens (tertiary/aromatic N) is 10. The van der Waals surface area contributed by atoms with Gasteiger partial charge in [0.1, 0.15) is 0 Å². The fourth-order valence-corrected chi connectivity index (χ4v) is 6.22. The van der Waals surface area contributed by atoms with Gasteiger partial charge in [-0.1, -0.05) is 0 Å². The molecule has 0 aromatic heterocycles. The summed E-state index contributed by atoms with van der Waals surface area (Å²) in [5, 5.41) is 61.7. The predicted molar refractivity (Wildman–Crippen MR) is 273 cm³/mol. The van der Waals surface area contributed by atoms with E-state index in [2.05, 4.69) is 93.8 Å². The third-order valence-electron chi connectivity index (χ3n) is 7.85. The molecule has 3 aliphatic carbocycles. The largest absolute Gasteiger partial charge is 2.00 e. The van der Waals surface area contributed by atoms with Crippen molar-refractivity contribution in [3.05, 3.63) is 0 Å². The molecule has 0 bridgehead atoms. The summed E-state index contributed by atoms with van der Waals surface area (Å²) in [6, 6.07) is 0. The van der Waals surface area contributed by atoms with Crippen LogP contribution in [0.2, 0.25) is 0 Å². The average Bonchev–Trinajstić information content (AvgIpc) is 3.24. The zero-order chi connectivity index (χ0) is 44.4. The number of thiocarbonyl (C=S) groups is 2. The number of hydrogen-bond acceptors (Lipinski definition) is 16. The molecule has 0 aromatic rings. The third-order valence-corrected chi connectivity index (χ3v) is 9.22. The van der Waals surface area contributed by atoms with Crippen LogP contribution in [0.5, 0.6) is 0 Å². The van der Waals surface area contributed by atoms with E-state index in [4.69, 9.17) is 75.0 Å². The Labute approximate surface area is 424 Å². The van der Waals surface area contributed by atoms with Gasteiger partial charge < -0.3 is 82.4 Å². The van der Waals surface area contributed by atoms with Crippen molar-refractivity contribution in [2.24, 2.45) is 51.0 Å². The molecule has 3 rings (SSSR count). The van der Waals surface area contributed by atoms with Gasteiger partial charge in [-0.2, -0.15) is 51.0 Å². The molecule has 62 heavy (non-hydrogen) atoms. The van der Waals surface area contributed by atoms with Crippen LogP contribution >= 0.6 is 24.4 Å². The predicted octanol–water partition coefficient (Wildman–Crippen LogP) is 3.83. The SMILES string of the molecule is CCNC(=S)N/N=C1\CCCC\C1=N/NC(=S)NCC.CCNC([S-])=NN=C1CCCCC1=NN=C([S-])NCC.CCNC([S-])=NN=C1CCCCC1=NN=C([S-])NCC.[Cu+2].[Zn+2]. The van der Waals surface area contributed by atoms with Crippen molar-refractivity contribution < 1.29 is 36.5 Å². The van der Waals surface area contributed by atoms with Crippen LogP contribution in [0.3, 0.4) is 0 Å². The van der Waals surface area contributed by atoms with Crippen LogP contribution in [0.1, 0.15) is 119 Å². The Balaban J connectivity index is 0. The average molecular weight is 1070 g/mol.